The van der Waals surface area contributed by atoms with Gasteiger partial charge in [-0.3, -0.25) is 9.59 Å². The topological polar surface area (TPSA) is 121 Å². The van der Waals surface area contributed by atoms with Crippen molar-refractivity contribution in [2.75, 3.05) is 66.4 Å². The van der Waals surface area contributed by atoms with Gasteiger partial charge in [0.1, 0.15) is 6.61 Å². The van der Waals surface area contributed by atoms with Gasteiger partial charge < -0.3 is 35.3 Å². The summed E-state index contributed by atoms with van der Waals surface area (Å²) in [7, 11) is 1.49. The number of alkyl halides is 17. The number of nitrogens with one attached hydrogen (secondary N) is 2. The lowest BCUT2D eigenvalue weighted by Gasteiger charge is -2.42. The van der Waals surface area contributed by atoms with Crippen LogP contribution in [0, 0.1) is 0 Å². The molecule has 1 atom stereocenters. The van der Waals surface area contributed by atoms with Crippen LogP contribution in [0.2, 0.25) is 0 Å². The first-order valence-electron chi connectivity index (χ1n) is 13.7. The molecule has 0 rings (SSSR count). The molecule has 50 heavy (non-hydrogen) atoms. The number of ether oxygens (including phenoxy) is 4. The van der Waals surface area contributed by atoms with E-state index in [0.717, 1.165) is 0 Å². The van der Waals surface area contributed by atoms with Crippen molar-refractivity contribution in [3.05, 3.63) is 0 Å². The van der Waals surface area contributed by atoms with Crippen LogP contribution in [-0.2, 0) is 28.5 Å². The average Bonchev–Trinajstić information content (AvgIpc) is 2.98. The molecule has 0 heterocycles. The first kappa shape index (κ1) is 47.5. The normalized spacial score (nSPS) is 14.9. The third kappa shape index (κ3) is 11.0. The second-order valence-corrected chi connectivity index (χ2v) is 10.1. The minimum Gasteiger partial charge on any atom is -0.382 e. The predicted molar refractivity (Wildman–Crippen MR) is 133 cm³/mol. The Morgan fingerprint density at radius 3 is 1.46 bits per heavy atom. The van der Waals surface area contributed by atoms with Gasteiger partial charge >= 0.3 is 47.6 Å². The van der Waals surface area contributed by atoms with Crippen molar-refractivity contribution in [2.24, 2.45) is 5.73 Å². The Labute approximate surface area is 271 Å². The molecule has 0 bridgehead atoms. The summed E-state index contributed by atoms with van der Waals surface area (Å²) in [6.07, 6.45) is -12.4. The summed E-state index contributed by atoms with van der Waals surface area (Å²) in [5, 5.41) is 3.96. The zero-order chi connectivity index (χ0) is 39.5. The molecule has 0 radical (unpaired) electrons. The van der Waals surface area contributed by atoms with E-state index in [1.54, 1.807) is 5.32 Å². The first-order chi connectivity index (χ1) is 22.5. The molecular formula is C24H32F17N3O6. The molecule has 1 unspecified atom stereocenters. The molecule has 0 saturated heterocycles. The lowest BCUT2D eigenvalue weighted by Crippen LogP contribution is -2.74. The van der Waals surface area contributed by atoms with E-state index in [9.17, 15) is 84.2 Å². The molecule has 9 nitrogen and oxygen atoms in total. The standard InChI is InChI=1S/C24H32F17N3O6/c1-47-7-8-48-9-10-49-11-12-50-13-15(45)43-6-3-14(42)16(46)44-5-2-4-17(25,26)18(27,28)19(29,30)20(31,32)21(33,34)22(35,36)23(37,38)24(39,40)41/h14H,2-13,42H2,1H3,(H,43,45)(H,44,46). The van der Waals surface area contributed by atoms with Crippen LogP contribution >= 0.6 is 0 Å². The monoisotopic (exact) mass is 781 g/mol. The second-order valence-electron chi connectivity index (χ2n) is 10.1. The maximum Gasteiger partial charge on any atom is 0.460 e. The summed E-state index contributed by atoms with van der Waals surface area (Å²) in [5.74, 6) is -58.8. The molecule has 0 aliphatic heterocycles. The van der Waals surface area contributed by atoms with E-state index in [2.05, 4.69) is 5.32 Å². The SMILES string of the molecule is COCCOCCOCCOCC(=O)NCCC(N)C(=O)NCCCC(F)(F)C(F)(F)C(F)(F)C(F)(F)C(F)(F)C(F)(F)C(F)(F)C(F)(F)F. The average molecular weight is 782 g/mol. The van der Waals surface area contributed by atoms with Crippen LogP contribution in [0.25, 0.3) is 0 Å². The minimum absolute atomic E-state index is 0.00174. The highest BCUT2D eigenvalue weighted by atomic mass is 19.4. The van der Waals surface area contributed by atoms with E-state index in [1.807, 2.05) is 0 Å². The van der Waals surface area contributed by atoms with E-state index in [-0.39, 0.29) is 39.4 Å². The van der Waals surface area contributed by atoms with Crippen LogP contribution in [0.3, 0.4) is 0 Å². The van der Waals surface area contributed by atoms with Gasteiger partial charge in [0.15, 0.2) is 0 Å². The molecule has 0 fully saturated rings. The zero-order valence-corrected chi connectivity index (χ0v) is 25.5. The van der Waals surface area contributed by atoms with Gasteiger partial charge in [0.25, 0.3) is 0 Å². The molecular weight excluding hydrogens is 749 g/mol. The van der Waals surface area contributed by atoms with Gasteiger partial charge in [-0.2, -0.15) is 74.6 Å². The predicted octanol–water partition coefficient (Wildman–Crippen LogP) is 4.42. The summed E-state index contributed by atoms with van der Waals surface area (Å²) in [6.45, 7) is -0.551. The van der Waals surface area contributed by atoms with Crippen LogP contribution in [0.4, 0.5) is 74.6 Å². The quantitative estimate of drug-likeness (QED) is 0.0928. The Kier molecular flexibility index (Phi) is 17.5. The van der Waals surface area contributed by atoms with Gasteiger partial charge in [0, 0.05) is 26.6 Å². The van der Waals surface area contributed by atoms with Crippen LogP contribution in [0.15, 0.2) is 0 Å². The van der Waals surface area contributed by atoms with Gasteiger partial charge in [-0.25, -0.2) is 0 Å². The summed E-state index contributed by atoms with van der Waals surface area (Å²) >= 11 is 0. The van der Waals surface area contributed by atoms with Gasteiger partial charge in [-0.05, 0) is 12.8 Å². The number of hydrogen-bond acceptors (Lipinski definition) is 7. The number of halogens is 17. The Balaban J connectivity index is 4.95. The summed E-state index contributed by atoms with van der Waals surface area (Å²) < 4.78 is 246. The Hall–Kier alpha value is -2.45. The Morgan fingerprint density at radius 2 is 1.00 bits per heavy atom. The highest BCUT2D eigenvalue weighted by Gasteiger charge is 2.95. The van der Waals surface area contributed by atoms with Crippen molar-refractivity contribution in [2.45, 2.75) is 72.9 Å². The van der Waals surface area contributed by atoms with Crippen molar-refractivity contribution in [3.63, 3.8) is 0 Å². The highest BCUT2D eigenvalue weighted by molar-refractivity contribution is 5.81. The first-order valence-corrected chi connectivity index (χ1v) is 13.7. The molecule has 0 spiro atoms. The summed E-state index contributed by atoms with van der Waals surface area (Å²) in [5.41, 5.74) is 5.45. The van der Waals surface area contributed by atoms with Crippen molar-refractivity contribution < 1.29 is 103 Å². The number of carbonyl (C=O) groups is 2. The van der Waals surface area contributed by atoms with Crippen LogP contribution in [-0.4, -0.2) is 132 Å². The van der Waals surface area contributed by atoms with Crippen molar-refractivity contribution in [1.29, 1.82) is 0 Å². The Bertz CT molecular complexity index is 1060. The van der Waals surface area contributed by atoms with Gasteiger partial charge in [-0.1, -0.05) is 0 Å². The van der Waals surface area contributed by atoms with Crippen molar-refractivity contribution in [1.82, 2.24) is 10.6 Å². The second kappa shape index (κ2) is 18.3. The minimum atomic E-state index is -8.70. The van der Waals surface area contributed by atoms with E-state index in [1.165, 1.54) is 7.11 Å². The molecule has 0 aromatic carbocycles. The molecule has 298 valence electrons. The molecule has 2 amide bonds. The van der Waals surface area contributed by atoms with Crippen molar-refractivity contribution >= 4 is 11.8 Å². The van der Waals surface area contributed by atoms with Crippen LogP contribution in [0.5, 0.6) is 0 Å². The Morgan fingerprint density at radius 1 is 0.580 bits per heavy atom. The number of amides is 2. The largest absolute Gasteiger partial charge is 0.460 e. The fourth-order valence-corrected chi connectivity index (χ4v) is 3.30. The lowest BCUT2D eigenvalue weighted by molar-refractivity contribution is -0.461. The third-order valence-electron chi connectivity index (χ3n) is 6.28. The van der Waals surface area contributed by atoms with E-state index in [4.69, 9.17) is 24.7 Å². The number of methoxy groups -OCH3 is 1. The smallest absolute Gasteiger partial charge is 0.382 e. The fraction of sp³-hybridized carbons (Fsp3) is 0.917. The van der Waals surface area contributed by atoms with Crippen LogP contribution < -0.4 is 16.4 Å². The summed E-state index contributed by atoms with van der Waals surface area (Å²) in [4.78, 5) is 23.6. The molecule has 4 N–H and O–H groups in total. The van der Waals surface area contributed by atoms with Gasteiger partial charge in [0.05, 0.1) is 45.7 Å². The molecule has 0 aliphatic rings. The number of nitrogens with two attached hydrogens (primary N) is 1. The molecule has 0 aromatic heterocycles. The number of hydrogen-bond donors (Lipinski definition) is 3. The van der Waals surface area contributed by atoms with Crippen LogP contribution in [0.1, 0.15) is 19.3 Å². The van der Waals surface area contributed by atoms with E-state index < -0.39 is 91.5 Å². The van der Waals surface area contributed by atoms with E-state index >= 15 is 0 Å². The molecule has 0 aliphatic carbocycles. The van der Waals surface area contributed by atoms with E-state index in [0.29, 0.717) is 13.2 Å². The van der Waals surface area contributed by atoms with Gasteiger partial charge in [-0.15, -0.1) is 0 Å². The molecule has 26 heteroatoms. The highest BCUT2D eigenvalue weighted by Crippen LogP contribution is 2.64. The number of carbonyl (C=O) groups excluding carboxylic acids is 2. The number of rotatable bonds is 25. The molecule has 0 saturated carbocycles. The summed E-state index contributed by atoms with van der Waals surface area (Å²) in [6, 6.07) is -1.54. The molecule has 0 aromatic rings. The zero-order valence-electron chi connectivity index (χ0n) is 25.5. The van der Waals surface area contributed by atoms with Crippen molar-refractivity contribution in [3.8, 4) is 0 Å². The fourth-order valence-electron chi connectivity index (χ4n) is 3.30. The lowest BCUT2D eigenvalue weighted by atomic mass is 9.88. The maximum absolute atomic E-state index is 14.0. The van der Waals surface area contributed by atoms with Gasteiger partial charge in [0.2, 0.25) is 11.8 Å². The third-order valence-corrected chi connectivity index (χ3v) is 6.28. The maximum atomic E-state index is 14.0.